The van der Waals surface area contributed by atoms with Crippen LogP contribution in [0, 0.1) is 0 Å². The lowest BCUT2D eigenvalue weighted by atomic mass is 9.96. The first-order valence-corrected chi connectivity index (χ1v) is 6.86. The smallest absolute Gasteiger partial charge is 0.235 e. The molecule has 3 heterocycles. The molecular weight excluding hydrogens is 236 g/mol. The van der Waals surface area contributed by atoms with Gasteiger partial charge in [-0.05, 0) is 37.6 Å². The van der Waals surface area contributed by atoms with Crippen molar-refractivity contribution in [2.75, 3.05) is 13.1 Å². The average Bonchev–Trinajstić information content (AvgIpc) is 2.86. The molecule has 1 fully saturated rings. The summed E-state index contributed by atoms with van der Waals surface area (Å²) in [5.74, 6) is 1.36. The molecule has 1 aliphatic rings. The Bertz CT molecular complexity index is 725. The first kappa shape index (κ1) is 10.9. The third-order valence-electron chi connectivity index (χ3n) is 3.95. The maximum Gasteiger partial charge on any atom is 0.235 e. The number of benzene rings is 1. The van der Waals surface area contributed by atoms with E-state index < -0.39 is 0 Å². The van der Waals surface area contributed by atoms with E-state index in [1.54, 1.807) is 0 Å². The van der Waals surface area contributed by atoms with Crippen LogP contribution in [0.3, 0.4) is 0 Å². The summed E-state index contributed by atoms with van der Waals surface area (Å²) >= 11 is 0. The summed E-state index contributed by atoms with van der Waals surface area (Å²) < 4.78 is 2.22. The summed E-state index contributed by atoms with van der Waals surface area (Å²) in [6, 6.07) is 10.4. The highest BCUT2D eigenvalue weighted by Crippen LogP contribution is 2.26. The van der Waals surface area contributed by atoms with Gasteiger partial charge in [-0.15, -0.1) is 0 Å². The summed E-state index contributed by atoms with van der Waals surface area (Å²) in [5.41, 5.74) is 3.50. The third kappa shape index (κ3) is 1.71. The first-order valence-electron chi connectivity index (χ1n) is 6.86. The maximum absolute atomic E-state index is 4.60. The Kier molecular flexibility index (Phi) is 2.48. The number of imidazole rings is 1. The molecule has 0 radical (unpaired) electrons. The van der Waals surface area contributed by atoms with Gasteiger partial charge in [0.05, 0.1) is 11.0 Å². The van der Waals surface area contributed by atoms with Gasteiger partial charge >= 0.3 is 0 Å². The number of piperidine rings is 1. The van der Waals surface area contributed by atoms with Crippen molar-refractivity contribution in [2.24, 2.45) is 0 Å². The minimum absolute atomic E-state index is 0.553. The molecule has 1 aliphatic heterocycles. The Morgan fingerprint density at radius 3 is 3.05 bits per heavy atom. The second-order valence-corrected chi connectivity index (χ2v) is 5.15. The van der Waals surface area contributed by atoms with E-state index in [0.717, 1.165) is 29.9 Å². The van der Waals surface area contributed by atoms with Crippen LogP contribution in [0.1, 0.15) is 24.5 Å². The number of para-hydroxylation sites is 2. The minimum Gasteiger partial charge on any atom is -0.316 e. The molecular formula is C15H16N4. The van der Waals surface area contributed by atoms with Crippen LogP contribution in [0.15, 0.2) is 36.5 Å². The minimum atomic E-state index is 0.553. The molecule has 1 aromatic carbocycles. The third-order valence-corrected chi connectivity index (χ3v) is 3.95. The van der Waals surface area contributed by atoms with E-state index in [1.165, 1.54) is 18.5 Å². The molecule has 2 aromatic heterocycles. The Balaban J connectivity index is 1.98. The number of fused-ring (bicyclic) bond motifs is 3. The number of aromatic nitrogens is 3. The fourth-order valence-corrected chi connectivity index (χ4v) is 3.03. The lowest BCUT2D eigenvalue weighted by Crippen LogP contribution is -2.29. The normalized spacial score (nSPS) is 20.1. The number of hydrogen-bond donors (Lipinski definition) is 1. The van der Waals surface area contributed by atoms with Gasteiger partial charge in [0, 0.05) is 24.4 Å². The molecule has 0 bridgehead atoms. The van der Waals surface area contributed by atoms with E-state index in [9.17, 15) is 0 Å². The van der Waals surface area contributed by atoms with E-state index in [4.69, 9.17) is 0 Å². The lowest BCUT2D eigenvalue weighted by molar-refractivity contribution is 0.452. The van der Waals surface area contributed by atoms with Gasteiger partial charge in [0.2, 0.25) is 5.78 Å². The molecule has 0 saturated carbocycles. The van der Waals surface area contributed by atoms with E-state index in [0.29, 0.717) is 5.92 Å². The number of hydrogen-bond acceptors (Lipinski definition) is 3. The van der Waals surface area contributed by atoms with Gasteiger partial charge in [-0.2, -0.15) is 0 Å². The van der Waals surface area contributed by atoms with Gasteiger partial charge in [-0.1, -0.05) is 12.1 Å². The molecule has 1 unspecified atom stereocenters. The van der Waals surface area contributed by atoms with Gasteiger partial charge in [-0.3, -0.25) is 4.40 Å². The summed E-state index contributed by atoms with van der Waals surface area (Å²) in [5, 5.41) is 3.48. The molecule has 0 aliphatic carbocycles. The van der Waals surface area contributed by atoms with Crippen molar-refractivity contribution in [1.29, 1.82) is 0 Å². The second kappa shape index (κ2) is 4.31. The molecule has 1 atom stereocenters. The van der Waals surface area contributed by atoms with Gasteiger partial charge in [-0.25, -0.2) is 9.97 Å². The van der Waals surface area contributed by atoms with Crippen LogP contribution >= 0.6 is 0 Å². The zero-order valence-electron chi connectivity index (χ0n) is 10.7. The Labute approximate surface area is 111 Å². The van der Waals surface area contributed by atoms with Crippen LogP contribution in [0.2, 0.25) is 0 Å². The van der Waals surface area contributed by atoms with Gasteiger partial charge in [0.1, 0.15) is 0 Å². The van der Waals surface area contributed by atoms with E-state index in [-0.39, 0.29) is 0 Å². The summed E-state index contributed by atoms with van der Waals surface area (Å²) in [6.45, 7) is 2.18. The molecule has 19 heavy (non-hydrogen) atoms. The van der Waals surface area contributed by atoms with Crippen molar-refractivity contribution >= 4 is 16.8 Å². The number of rotatable bonds is 1. The van der Waals surface area contributed by atoms with Gasteiger partial charge in [0.15, 0.2) is 0 Å². The molecule has 4 heteroatoms. The standard InChI is InChI=1S/C15H16N4/c1-2-6-14-12(5-1)18-15-17-9-7-13(19(14)15)11-4-3-8-16-10-11/h1-2,5-7,9,11,16H,3-4,8,10H2. The zero-order chi connectivity index (χ0) is 12.7. The van der Waals surface area contributed by atoms with Crippen molar-refractivity contribution in [3.8, 4) is 0 Å². The van der Waals surface area contributed by atoms with Crippen molar-refractivity contribution in [3.05, 3.63) is 42.2 Å². The van der Waals surface area contributed by atoms with Gasteiger partial charge in [0.25, 0.3) is 0 Å². The highest BCUT2D eigenvalue weighted by atomic mass is 15.1. The van der Waals surface area contributed by atoms with Gasteiger partial charge < -0.3 is 5.32 Å². The second-order valence-electron chi connectivity index (χ2n) is 5.15. The molecule has 1 N–H and O–H groups in total. The molecule has 4 rings (SSSR count). The quantitative estimate of drug-likeness (QED) is 0.723. The monoisotopic (exact) mass is 252 g/mol. The molecule has 3 aromatic rings. The van der Waals surface area contributed by atoms with Crippen molar-refractivity contribution in [1.82, 2.24) is 19.7 Å². The molecule has 1 saturated heterocycles. The van der Waals surface area contributed by atoms with Crippen molar-refractivity contribution < 1.29 is 0 Å². The Hall–Kier alpha value is -1.94. The number of nitrogens with one attached hydrogen (secondary N) is 1. The van der Waals surface area contributed by atoms with E-state index in [1.807, 2.05) is 18.3 Å². The molecule has 0 spiro atoms. The van der Waals surface area contributed by atoms with Crippen LogP contribution in [0.5, 0.6) is 0 Å². The molecule has 0 amide bonds. The van der Waals surface area contributed by atoms with Crippen LogP contribution in [0.4, 0.5) is 0 Å². The van der Waals surface area contributed by atoms with Crippen LogP contribution in [0.25, 0.3) is 16.8 Å². The maximum atomic E-state index is 4.60. The average molecular weight is 252 g/mol. The fourth-order valence-electron chi connectivity index (χ4n) is 3.03. The van der Waals surface area contributed by atoms with Crippen molar-refractivity contribution in [3.63, 3.8) is 0 Å². The topological polar surface area (TPSA) is 42.2 Å². The van der Waals surface area contributed by atoms with Crippen LogP contribution < -0.4 is 5.32 Å². The van der Waals surface area contributed by atoms with E-state index >= 15 is 0 Å². The van der Waals surface area contributed by atoms with Crippen LogP contribution in [-0.4, -0.2) is 27.5 Å². The molecule has 96 valence electrons. The SMILES string of the molecule is c1ccc2c(c1)nc1nccc(C3CCCNC3)n12. The summed E-state index contributed by atoms with van der Waals surface area (Å²) in [6.07, 6.45) is 4.35. The largest absolute Gasteiger partial charge is 0.316 e. The predicted molar refractivity (Wildman–Crippen MR) is 75.3 cm³/mol. The fraction of sp³-hybridized carbons (Fsp3) is 0.333. The Morgan fingerprint density at radius 1 is 1.21 bits per heavy atom. The highest BCUT2D eigenvalue weighted by Gasteiger charge is 2.19. The first-order chi connectivity index (χ1) is 9.43. The highest BCUT2D eigenvalue weighted by molar-refractivity contribution is 5.79. The molecule has 4 nitrogen and oxygen atoms in total. The Morgan fingerprint density at radius 2 is 2.16 bits per heavy atom. The zero-order valence-corrected chi connectivity index (χ0v) is 10.7. The van der Waals surface area contributed by atoms with E-state index in [2.05, 4.69) is 37.9 Å². The summed E-state index contributed by atoms with van der Waals surface area (Å²) in [4.78, 5) is 9.01. The van der Waals surface area contributed by atoms with Crippen LogP contribution in [-0.2, 0) is 0 Å². The van der Waals surface area contributed by atoms with Crippen molar-refractivity contribution in [2.45, 2.75) is 18.8 Å². The summed E-state index contributed by atoms with van der Waals surface area (Å²) in [7, 11) is 0. The predicted octanol–water partition coefficient (Wildman–Crippen LogP) is 2.35. The lowest BCUT2D eigenvalue weighted by Gasteiger charge is -2.23. The number of nitrogens with zero attached hydrogens (tertiary/aromatic N) is 3.